The van der Waals surface area contributed by atoms with Crippen LogP contribution in [0, 0.1) is 0 Å². The van der Waals surface area contributed by atoms with E-state index in [9.17, 15) is 14.7 Å². The lowest BCUT2D eigenvalue weighted by Crippen LogP contribution is -2.56. The van der Waals surface area contributed by atoms with E-state index in [0.29, 0.717) is 19.4 Å². The van der Waals surface area contributed by atoms with E-state index in [0.717, 1.165) is 17.7 Å². The monoisotopic (exact) mass is 310 g/mol. The summed E-state index contributed by atoms with van der Waals surface area (Å²) < 4.78 is 0. The first-order valence-corrected chi connectivity index (χ1v) is 8.28. The van der Waals surface area contributed by atoms with E-state index in [1.807, 2.05) is 31.4 Å². The Hall–Kier alpha value is -1.56. The van der Waals surface area contributed by atoms with E-state index >= 15 is 0 Å². The van der Waals surface area contributed by atoms with Gasteiger partial charge in [0.25, 0.3) is 0 Å². The summed E-state index contributed by atoms with van der Waals surface area (Å²) >= 11 is 1.60. The van der Waals surface area contributed by atoms with E-state index in [1.165, 1.54) is 4.90 Å². The number of nitrogens with one attached hydrogen (secondary N) is 1. The van der Waals surface area contributed by atoms with Gasteiger partial charge >= 0.3 is 12.0 Å². The molecule has 1 fully saturated rings. The van der Waals surface area contributed by atoms with Gasteiger partial charge in [-0.2, -0.15) is 0 Å². The number of nitrogens with zero attached hydrogens (tertiary/aromatic N) is 1. The van der Waals surface area contributed by atoms with Crippen LogP contribution in [0.15, 0.2) is 17.5 Å². The second kappa shape index (κ2) is 6.47. The van der Waals surface area contributed by atoms with Gasteiger partial charge in [0.05, 0.1) is 6.04 Å². The van der Waals surface area contributed by atoms with Crippen LogP contribution in [0.1, 0.15) is 50.4 Å². The maximum Gasteiger partial charge on any atom is 0.329 e. The molecule has 116 valence electrons. The number of carboxylic acid groups (broad SMARTS) is 1. The first-order valence-electron chi connectivity index (χ1n) is 7.40. The molecule has 2 N–H and O–H groups in total. The van der Waals surface area contributed by atoms with Gasteiger partial charge in [-0.25, -0.2) is 9.59 Å². The molecule has 0 aliphatic carbocycles. The third-order valence-corrected chi connectivity index (χ3v) is 5.30. The lowest BCUT2D eigenvalue weighted by atomic mass is 9.93. The minimum absolute atomic E-state index is 0.0542. The maximum atomic E-state index is 12.5. The molecule has 1 saturated heterocycles. The van der Waals surface area contributed by atoms with Crippen molar-refractivity contribution in [3.63, 3.8) is 0 Å². The highest BCUT2D eigenvalue weighted by molar-refractivity contribution is 7.10. The smallest absolute Gasteiger partial charge is 0.329 e. The van der Waals surface area contributed by atoms with Gasteiger partial charge < -0.3 is 15.3 Å². The van der Waals surface area contributed by atoms with Gasteiger partial charge in [-0.3, -0.25) is 0 Å². The number of carbonyl (C=O) groups excluding carboxylic acids is 1. The Balaban J connectivity index is 2.13. The first kappa shape index (κ1) is 15.8. The Labute approximate surface area is 129 Å². The van der Waals surface area contributed by atoms with Crippen molar-refractivity contribution in [1.82, 2.24) is 10.2 Å². The number of rotatable bonds is 5. The molecule has 21 heavy (non-hydrogen) atoms. The van der Waals surface area contributed by atoms with Crippen LogP contribution < -0.4 is 5.32 Å². The minimum atomic E-state index is -1.04. The normalized spacial score (nSPS) is 23.0. The highest BCUT2D eigenvalue weighted by Gasteiger charge is 2.48. The van der Waals surface area contributed by atoms with E-state index in [-0.39, 0.29) is 12.1 Å². The number of amides is 2. The molecule has 1 aliphatic rings. The number of hydrogen-bond acceptors (Lipinski definition) is 3. The van der Waals surface area contributed by atoms with Crippen molar-refractivity contribution in [1.29, 1.82) is 0 Å². The Morgan fingerprint density at radius 1 is 1.52 bits per heavy atom. The van der Waals surface area contributed by atoms with Gasteiger partial charge in [0, 0.05) is 11.4 Å². The molecule has 2 unspecified atom stereocenters. The number of urea groups is 1. The highest BCUT2D eigenvalue weighted by Crippen LogP contribution is 2.33. The zero-order valence-electron chi connectivity index (χ0n) is 12.5. The largest absolute Gasteiger partial charge is 0.479 e. The zero-order chi connectivity index (χ0) is 15.5. The number of thiophene rings is 1. The Morgan fingerprint density at radius 2 is 2.29 bits per heavy atom. The molecule has 0 bridgehead atoms. The van der Waals surface area contributed by atoms with E-state index < -0.39 is 11.5 Å². The molecule has 6 heteroatoms. The number of carboxylic acids is 1. The van der Waals surface area contributed by atoms with Gasteiger partial charge in [-0.1, -0.05) is 19.9 Å². The standard InChI is InChI=1S/C15H22N2O3S/c1-3-11(12-7-5-10-21-12)16-14(20)17-9-6-8-15(17,4-2)13(18)19/h5,7,10-11H,3-4,6,8-9H2,1-2H3,(H,16,20)(H,18,19). The molecule has 2 amide bonds. The molecular formula is C15H22N2O3S. The Morgan fingerprint density at radius 3 is 2.81 bits per heavy atom. The second-order valence-electron chi connectivity index (χ2n) is 5.37. The predicted octanol–water partition coefficient (Wildman–Crippen LogP) is 3.24. The van der Waals surface area contributed by atoms with Crippen LogP contribution in [0.4, 0.5) is 4.79 Å². The molecule has 5 nitrogen and oxygen atoms in total. The van der Waals surface area contributed by atoms with E-state index in [4.69, 9.17) is 0 Å². The number of hydrogen-bond donors (Lipinski definition) is 2. The summed E-state index contributed by atoms with van der Waals surface area (Å²) in [5, 5.41) is 14.5. The van der Waals surface area contributed by atoms with Crippen molar-refractivity contribution in [2.45, 2.75) is 51.1 Å². The molecule has 0 saturated carbocycles. The molecule has 0 radical (unpaired) electrons. The first-order chi connectivity index (χ1) is 10.0. The fourth-order valence-electron chi connectivity index (χ4n) is 3.01. The second-order valence-corrected chi connectivity index (χ2v) is 6.35. The number of aliphatic carboxylic acids is 1. The average molecular weight is 310 g/mol. The van der Waals surface area contributed by atoms with Gasteiger partial charge in [0.1, 0.15) is 5.54 Å². The third kappa shape index (κ3) is 2.90. The fourth-order valence-corrected chi connectivity index (χ4v) is 3.87. The number of carbonyl (C=O) groups is 2. The highest BCUT2D eigenvalue weighted by atomic mass is 32.1. The van der Waals surface area contributed by atoms with Crippen LogP contribution >= 0.6 is 11.3 Å². The van der Waals surface area contributed by atoms with Gasteiger partial charge in [-0.15, -0.1) is 11.3 Å². The van der Waals surface area contributed by atoms with Gasteiger partial charge in [-0.05, 0) is 37.1 Å². The molecule has 0 spiro atoms. The maximum absolute atomic E-state index is 12.5. The summed E-state index contributed by atoms with van der Waals surface area (Å²) in [6.45, 7) is 4.35. The van der Waals surface area contributed by atoms with Crippen LogP contribution in [0.5, 0.6) is 0 Å². The lowest BCUT2D eigenvalue weighted by Gasteiger charge is -2.34. The number of likely N-dealkylation sites (tertiary alicyclic amines) is 1. The predicted molar refractivity (Wildman–Crippen MR) is 82.5 cm³/mol. The quantitative estimate of drug-likeness (QED) is 0.877. The molecule has 2 rings (SSSR count). The van der Waals surface area contributed by atoms with E-state index in [2.05, 4.69) is 5.32 Å². The van der Waals surface area contributed by atoms with Crippen LogP contribution in [0.2, 0.25) is 0 Å². The van der Waals surface area contributed by atoms with Gasteiger partial charge in [0.2, 0.25) is 0 Å². The van der Waals surface area contributed by atoms with E-state index in [1.54, 1.807) is 11.3 Å². The third-order valence-electron chi connectivity index (χ3n) is 4.31. The molecule has 2 heterocycles. The van der Waals surface area contributed by atoms with Crippen LogP contribution in [-0.2, 0) is 4.79 Å². The summed E-state index contributed by atoms with van der Waals surface area (Å²) in [4.78, 5) is 26.8. The fraction of sp³-hybridized carbons (Fsp3) is 0.600. The molecule has 1 aromatic rings. The zero-order valence-corrected chi connectivity index (χ0v) is 13.3. The van der Waals surface area contributed by atoms with Crippen LogP contribution in [0.3, 0.4) is 0 Å². The van der Waals surface area contributed by atoms with Crippen molar-refractivity contribution < 1.29 is 14.7 Å². The molecule has 1 aliphatic heterocycles. The Kier molecular flexibility index (Phi) is 4.88. The molecule has 0 aromatic carbocycles. The summed E-state index contributed by atoms with van der Waals surface area (Å²) in [5.74, 6) is -0.901. The minimum Gasteiger partial charge on any atom is -0.479 e. The van der Waals surface area contributed by atoms with Crippen molar-refractivity contribution in [3.8, 4) is 0 Å². The Bertz CT molecular complexity index is 503. The SMILES string of the molecule is CCC(NC(=O)N1CCCC1(CC)C(=O)O)c1cccs1. The lowest BCUT2D eigenvalue weighted by molar-refractivity contribution is -0.148. The van der Waals surface area contributed by atoms with Crippen LogP contribution in [-0.4, -0.2) is 34.1 Å². The summed E-state index contributed by atoms with van der Waals surface area (Å²) in [5.41, 5.74) is -1.04. The van der Waals surface area contributed by atoms with Gasteiger partial charge in [0.15, 0.2) is 0 Å². The van der Waals surface area contributed by atoms with Crippen molar-refractivity contribution in [3.05, 3.63) is 22.4 Å². The molecule has 1 aromatic heterocycles. The van der Waals surface area contributed by atoms with Crippen molar-refractivity contribution >= 4 is 23.3 Å². The van der Waals surface area contributed by atoms with Crippen LogP contribution in [0.25, 0.3) is 0 Å². The van der Waals surface area contributed by atoms with Crippen molar-refractivity contribution in [2.24, 2.45) is 0 Å². The summed E-state index contributed by atoms with van der Waals surface area (Å²) in [6, 6.07) is 3.63. The topological polar surface area (TPSA) is 69.6 Å². The molecule has 2 atom stereocenters. The summed E-state index contributed by atoms with van der Waals surface area (Å²) in [6.07, 6.45) is 2.49. The molecular weight excluding hydrogens is 288 g/mol. The summed E-state index contributed by atoms with van der Waals surface area (Å²) in [7, 11) is 0. The van der Waals surface area contributed by atoms with Crippen molar-refractivity contribution in [2.75, 3.05) is 6.54 Å². The average Bonchev–Trinajstić information content (AvgIpc) is 3.13.